The highest BCUT2D eigenvalue weighted by Gasteiger charge is 2.45. The van der Waals surface area contributed by atoms with Crippen LogP contribution in [-0.2, 0) is 70.1 Å². The number of fused-ring (bicyclic) bond motifs is 5. The highest BCUT2D eigenvalue weighted by Crippen LogP contribution is 2.41. The van der Waals surface area contributed by atoms with Crippen LogP contribution in [0.4, 0.5) is 4.39 Å². The van der Waals surface area contributed by atoms with Gasteiger partial charge < -0.3 is 45.3 Å². The number of rotatable bonds is 30. The number of ether oxygens (including phenoxy) is 2. The molecule has 5 heterocycles. The van der Waals surface area contributed by atoms with Gasteiger partial charge in [-0.2, -0.15) is 0 Å². The van der Waals surface area contributed by atoms with Crippen LogP contribution in [0.1, 0.15) is 139 Å². The highest BCUT2D eigenvalue weighted by atomic mass is 32.2. The molecule has 76 heavy (non-hydrogen) atoms. The molecule has 0 radical (unpaired) electrons. The summed E-state index contributed by atoms with van der Waals surface area (Å²) in [5.74, 6) is -2.76. The number of hydrogen-bond acceptors (Lipinski definition) is 15. The first kappa shape index (κ1) is 59.5. The van der Waals surface area contributed by atoms with E-state index in [0.29, 0.717) is 54.6 Å². The molecule has 3 aromatic heterocycles. The van der Waals surface area contributed by atoms with Crippen LogP contribution < -0.4 is 26.8 Å². The van der Waals surface area contributed by atoms with E-state index in [1.54, 1.807) is 30.5 Å². The lowest BCUT2D eigenvalue weighted by Gasteiger charge is -2.31. The average Bonchev–Trinajstić information content (AvgIpc) is 3.82. The van der Waals surface area contributed by atoms with E-state index in [2.05, 4.69) is 56.9 Å². The number of aryl methyl sites for hydroxylation is 2. The fourth-order valence-corrected chi connectivity index (χ4v) is 10.6. The molecule has 0 saturated carbocycles. The van der Waals surface area contributed by atoms with E-state index in [4.69, 9.17) is 14.5 Å². The Morgan fingerprint density at radius 1 is 0.934 bits per heavy atom. The number of aliphatic hydroxyl groups is 1. The Labute approximate surface area is 445 Å². The summed E-state index contributed by atoms with van der Waals surface area (Å²) in [6.45, 7) is 15.9. The van der Waals surface area contributed by atoms with Crippen LogP contribution in [0, 0.1) is 18.7 Å². The van der Waals surface area contributed by atoms with Crippen LogP contribution in [0.25, 0.3) is 22.3 Å². The molecule has 0 saturated heterocycles. The average molecular weight is 1080 g/mol. The number of nitrogens with zero attached hydrogens (tertiary/aromatic N) is 5. The largest absolute Gasteiger partial charge is 0.458 e. The standard InChI is InChI=1S/C55H78FN9O10S/c1-9-13-17-37(25-36-28-58-54(59-29-36)76(8,72)73)61-48(34(5)6)51(68)63-44(19-14-15-22-64(20-10-2)21-11-3)50(67)57-30-47(66)60-33-74-23-16-18-38-39-24-35(7)43(56)27-45(39)62-49-40(38)31-65-46(49)26-42-41(52(65)69)32-75-53(70)55(42,71)12-4/h24,26-29,34,37,44,48,61,71H,9-23,25,30-33H2,1-8H3,(H,57,67)(H,60,66)(H,63,68)/t37?,44-,48-,55-/m0/s1. The predicted octanol–water partition coefficient (Wildman–Crippen LogP) is 5.05. The smallest absolute Gasteiger partial charge is 0.343 e. The van der Waals surface area contributed by atoms with Gasteiger partial charge in [-0.15, -0.1) is 0 Å². The number of amides is 3. The Morgan fingerprint density at radius 2 is 1.66 bits per heavy atom. The third-order valence-electron chi connectivity index (χ3n) is 14.3. The molecule has 0 fully saturated rings. The second-order valence-electron chi connectivity index (χ2n) is 20.6. The van der Waals surface area contributed by atoms with E-state index in [1.165, 1.54) is 18.5 Å². The third kappa shape index (κ3) is 14.6. The Balaban J connectivity index is 1.07. The summed E-state index contributed by atoms with van der Waals surface area (Å²) in [7, 11) is -3.57. The number of cyclic esters (lactones) is 1. The van der Waals surface area contributed by atoms with Crippen LogP contribution >= 0.6 is 0 Å². The first-order valence-electron chi connectivity index (χ1n) is 26.9. The van der Waals surface area contributed by atoms with Crippen molar-refractivity contribution in [3.05, 3.63) is 80.1 Å². The number of esters is 1. The number of nitrogens with one attached hydrogen (secondary N) is 4. The van der Waals surface area contributed by atoms with Crippen molar-refractivity contribution in [1.82, 2.24) is 45.7 Å². The highest BCUT2D eigenvalue weighted by molar-refractivity contribution is 7.90. The second kappa shape index (κ2) is 27.0. The number of carbonyl (C=O) groups is 4. The Kier molecular flexibility index (Phi) is 21.2. The molecule has 1 aromatic carbocycles. The molecular formula is C55H78FN9O10S. The van der Waals surface area contributed by atoms with Gasteiger partial charge in [0.25, 0.3) is 5.56 Å². The number of halogens is 1. The number of aromatic nitrogens is 4. The number of benzene rings is 1. The third-order valence-corrected chi connectivity index (χ3v) is 15.2. The monoisotopic (exact) mass is 1080 g/mol. The zero-order valence-electron chi connectivity index (χ0n) is 45.5. The number of hydrogen-bond donors (Lipinski definition) is 5. The minimum absolute atomic E-state index is 0.00399. The summed E-state index contributed by atoms with van der Waals surface area (Å²) >= 11 is 0. The van der Waals surface area contributed by atoms with Gasteiger partial charge in [-0.25, -0.2) is 32.6 Å². The summed E-state index contributed by atoms with van der Waals surface area (Å²) in [5.41, 5.74) is 2.01. The van der Waals surface area contributed by atoms with E-state index in [1.807, 2.05) is 13.8 Å². The molecule has 2 aliphatic rings. The van der Waals surface area contributed by atoms with E-state index in [-0.39, 0.29) is 73.6 Å². The van der Waals surface area contributed by atoms with Crippen molar-refractivity contribution in [1.29, 1.82) is 0 Å². The van der Waals surface area contributed by atoms with Crippen molar-refractivity contribution in [2.75, 3.05) is 45.8 Å². The quantitative estimate of drug-likeness (QED) is 0.0175. The SMILES string of the molecule is CCCCC(Cc1cnc(S(C)(=O)=O)nc1)N[C@H](C(=O)N[C@@H](CCCCN(CCC)CCC)C(=O)NCC(=O)NCOCCCc1c2c(nc3cc(F)c(C)cc13)-c1cc3c(c(=O)n1C2)COC(=O)[C@]3(O)CC)C(C)C. The topological polar surface area (TPSA) is 253 Å². The molecule has 0 spiro atoms. The molecule has 1 unspecified atom stereocenters. The van der Waals surface area contributed by atoms with E-state index in [0.717, 1.165) is 86.5 Å². The fourth-order valence-electron chi connectivity index (χ4n) is 10.1. The van der Waals surface area contributed by atoms with Crippen LogP contribution in [0.2, 0.25) is 0 Å². The lowest BCUT2D eigenvalue weighted by atomic mass is 9.86. The maximum Gasteiger partial charge on any atom is 0.343 e. The summed E-state index contributed by atoms with van der Waals surface area (Å²) in [5, 5.41) is 23.8. The van der Waals surface area contributed by atoms with Gasteiger partial charge in [0.15, 0.2) is 5.60 Å². The van der Waals surface area contributed by atoms with Crippen molar-refractivity contribution >= 4 is 44.4 Å². The second-order valence-corrected chi connectivity index (χ2v) is 22.5. The summed E-state index contributed by atoms with van der Waals surface area (Å²) in [6, 6.07) is 2.95. The zero-order valence-corrected chi connectivity index (χ0v) is 46.3. The predicted molar refractivity (Wildman–Crippen MR) is 286 cm³/mol. The Bertz CT molecular complexity index is 2880. The summed E-state index contributed by atoms with van der Waals surface area (Å²) < 4.78 is 51.5. The van der Waals surface area contributed by atoms with Gasteiger partial charge in [0, 0.05) is 53.9 Å². The normalized spacial score (nSPS) is 16.2. The van der Waals surface area contributed by atoms with Crippen LogP contribution in [-0.4, -0.2) is 126 Å². The van der Waals surface area contributed by atoms with Crippen molar-refractivity contribution in [2.24, 2.45) is 5.92 Å². The zero-order chi connectivity index (χ0) is 55.3. The number of sulfone groups is 1. The minimum atomic E-state index is -3.57. The van der Waals surface area contributed by atoms with Gasteiger partial charge in [-0.05, 0) is 126 Å². The summed E-state index contributed by atoms with van der Waals surface area (Å²) in [6.07, 6.45) is 11.8. The lowest BCUT2D eigenvalue weighted by molar-refractivity contribution is -0.172. The molecule has 4 aromatic rings. The van der Waals surface area contributed by atoms with Gasteiger partial charge in [0.05, 0.1) is 41.6 Å². The molecule has 19 nitrogen and oxygen atoms in total. The van der Waals surface area contributed by atoms with Gasteiger partial charge in [-0.1, -0.05) is 54.4 Å². The first-order chi connectivity index (χ1) is 36.2. The molecule has 0 aliphatic carbocycles. The minimum Gasteiger partial charge on any atom is -0.458 e. The van der Waals surface area contributed by atoms with Crippen molar-refractivity contribution in [3.63, 3.8) is 0 Å². The van der Waals surface area contributed by atoms with Crippen molar-refractivity contribution < 1.29 is 46.6 Å². The van der Waals surface area contributed by atoms with Gasteiger partial charge in [0.2, 0.25) is 32.7 Å². The molecule has 2 aliphatic heterocycles. The van der Waals surface area contributed by atoms with Crippen LogP contribution in [0.5, 0.6) is 0 Å². The van der Waals surface area contributed by atoms with E-state index < -0.39 is 56.7 Å². The van der Waals surface area contributed by atoms with Crippen LogP contribution in [0.15, 0.2) is 40.5 Å². The van der Waals surface area contributed by atoms with Crippen molar-refractivity contribution in [2.45, 2.75) is 168 Å². The molecule has 4 atom stereocenters. The molecule has 21 heteroatoms. The number of unbranched alkanes of at least 4 members (excludes halogenated alkanes) is 2. The molecule has 6 rings (SSSR count). The Hall–Kier alpha value is -5.74. The molecule has 0 bridgehead atoms. The van der Waals surface area contributed by atoms with Crippen molar-refractivity contribution in [3.8, 4) is 11.4 Å². The first-order valence-corrected chi connectivity index (χ1v) is 28.8. The van der Waals surface area contributed by atoms with E-state index in [9.17, 15) is 37.5 Å². The summed E-state index contributed by atoms with van der Waals surface area (Å²) in [4.78, 5) is 83.1. The molecule has 5 N–H and O–H groups in total. The lowest BCUT2D eigenvalue weighted by Crippen LogP contribution is -2.56. The van der Waals surface area contributed by atoms with Gasteiger partial charge in [-0.3, -0.25) is 19.2 Å². The molecule has 416 valence electrons. The maximum absolute atomic E-state index is 15.0. The number of pyridine rings is 2. The van der Waals surface area contributed by atoms with Crippen LogP contribution in [0.3, 0.4) is 0 Å². The Morgan fingerprint density at radius 3 is 2.32 bits per heavy atom. The van der Waals surface area contributed by atoms with E-state index >= 15 is 4.39 Å². The van der Waals surface area contributed by atoms with Gasteiger partial charge >= 0.3 is 5.97 Å². The molecule has 3 amide bonds. The fraction of sp³-hybridized carbons (Fsp3) is 0.600. The van der Waals surface area contributed by atoms with Gasteiger partial charge in [0.1, 0.15) is 25.2 Å². The number of carbonyl (C=O) groups excluding carboxylic acids is 4. The maximum atomic E-state index is 15.0. The molecular weight excluding hydrogens is 998 g/mol.